The molecule has 2 heterocycles. The van der Waals surface area contributed by atoms with Crippen molar-refractivity contribution in [3.8, 4) is 0 Å². The first kappa shape index (κ1) is 8.43. The van der Waals surface area contributed by atoms with Crippen LogP contribution in [0.5, 0.6) is 0 Å². The van der Waals surface area contributed by atoms with E-state index in [-0.39, 0.29) is 0 Å². The van der Waals surface area contributed by atoms with E-state index in [1.54, 1.807) is 0 Å². The Morgan fingerprint density at radius 2 is 2.08 bits per heavy atom. The van der Waals surface area contributed by atoms with Crippen LogP contribution in [-0.4, -0.2) is 29.3 Å². The Kier molecular flexibility index (Phi) is 2.13. The van der Waals surface area contributed by atoms with Crippen LogP contribution >= 0.6 is 11.8 Å². The van der Waals surface area contributed by atoms with Gasteiger partial charge in [0, 0.05) is 13.1 Å². The van der Waals surface area contributed by atoms with Gasteiger partial charge in [0.15, 0.2) is 16.8 Å². The monoisotopic (exact) mass is 197 g/mol. The van der Waals surface area contributed by atoms with Gasteiger partial charge in [-0.1, -0.05) is 11.8 Å². The Hall–Kier alpha value is -1.17. The van der Waals surface area contributed by atoms with Gasteiger partial charge in [-0.2, -0.15) is 0 Å². The predicted molar refractivity (Wildman–Crippen MR) is 55.2 cm³/mol. The lowest BCUT2D eigenvalue weighted by molar-refractivity contribution is 0.932. The van der Waals surface area contributed by atoms with Gasteiger partial charge < -0.3 is 16.4 Å². The summed E-state index contributed by atoms with van der Waals surface area (Å²) in [6, 6.07) is 0. The molecule has 0 spiro atoms. The molecule has 0 aliphatic carbocycles. The van der Waals surface area contributed by atoms with Gasteiger partial charge in [0.25, 0.3) is 0 Å². The molecule has 6 heteroatoms. The number of hydrogen-bond donors (Lipinski definition) is 3. The molecule has 0 saturated heterocycles. The molecular formula is C7H11N5S. The average Bonchev–Trinajstić information content (AvgIpc) is 2.18. The number of anilines is 3. The van der Waals surface area contributed by atoms with E-state index in [1.165, 1.54) is 11.8 Å². The van der Waals surface area contributed by atoms with E-state index in [0.29, 0.717) is 11.0 Å². The van der Waals surface area contributed by atoms with Crippen LogP contribution < -0.4 is 16.4 Å². The van der Waals surface area contributed by atoms with Gasteiger partial charge in [0.05, 0.1) is 0 Å². The largest absolute Gasteiger partial charge is 0.382 e. The second-order valence-corrected chi connectivity index (χ2v) is 3.45. The topological polar surface area (TPSA) is 75.9 Å². The number of fused-ring (bicyclic) bond motifs is 1. The highest BCUT2D eigenvalue weighted by Crippen LogP contribution is 2.28. The summed E-state index contributed by atoms with van der Waals surface area (Å²) in [6.07, 6.45) is 1.93. The predicted octanol–water partition coefficient (Wildman–Crippen LogP) is 0.618. The van der Waals surface area contributed by atoms with Crippen LogP contribution in [0.1, 0.15) is 0 Å². The highest BCUT2D eigenvalue weighted by atomic mass is 32.2. The summed E-state index contributed by atoms with van der Waals surface area (Å²) in [4.78, 5) is 8.42. The van der Waals surface area contributed by atoms with Crippen LogP contribution in [-0.2, 0) is 0 Å². The zero-order chi connectivity index (χ0) is 9.26. The zero-order valence-corrected chi connectivity index (χ0v) is 8.11. The van der Waals surface area contributed by atoms with Crippen LogP contribution in [0.2, 0.25) is 0 Å². The number of nitrogen functional groups attached to an aromatic ring is 1. The highest BCUT2D eigenvalue weighted by Gasteiger charge is 2.14. The summed E-state index contributed by atoms with van der Waals surface area (Å²) in [5.41, 5.74) is 6.57. The minimum absolute atomic E-state index is 0.515. The van der Waals surface area contributed by atoms with E-state index in [2.05, 4.69) is 20.6 Å². The van der Waals surface area contributed by atoms with Crippen molar-refractivity contribution in [2.24, 2.45) is 0 Å². The van der Waals surface area contributed by atoms with Gasteiger partial charge in [-0.05, 0) is 6.26 Å². The summed E-state index contributed by atoms with van der Waals surface area (Å²) < 4.78 is 0. The molecule has 0 aromatic carbocycles. The third-order valence-corrected chi connectivity index (χ3v) is 2.37. The van der Waals surface area contributed by atoms with Crippen LogP contribution in [0.25, 0.3) is 0 Å². The molecule has 0 fully saturated rings. The Morgan fingerprint density at radius 3 is 2.85 bits per heavy atom. The van der Waals surface area contributed by atoms with Crippen molar-refractivity contribution in [2.75, 3.05) is 35.7 Å². The quantitative estimate of drug-likeness (QED) is 0.452. The number of thioether (sulfide) groups is 1. The van der Waals surface area contributed by atoms with Gasteiger partial charge in [0.2, 0.25) is 0 Å². The molecule has 0 bridgehead atoms. The SMILES string of the molecule is CSc1nc(N)c2c(n1)NCCN2. The molecule has 0 radical (unpaired) electrons. The molecule has 13 heavy (non-hydrogen) atoms. The van der Waals surface area contributed by atoms with Gasteiger partial charge in [-0.15, -0.1) is 0 Å². The van der Waals surface area contributed by atoms with Crippen molar-refractivity contribution in [1.29, 1.82) is 0 Å². The molecule has 1 aromatic rings. The van der Waals surface area contributed by atoms with E-state index < -0.39 is 0 Å². The zero-order valence-electron chi connectivity index (χ0n) is 7.29. The lowest BCUT2D eigenvalue weighted by Crippen LogP contribution is -2.23. The molecule has 1 aromatic heterocycles. The van der Waals surface area contributed by atoms with Gasteiger partial charge in [-0.25, -0.2) is 9.97 Å². The molecule has 1 aliphatic heterocycles. The van der Waals surface area contributed by atoms with Crippen molar-refractivity contribution in [1.82, 2.24) is 9.97 Å². The molecule has 0 unspecified atom stereocenters. The van der Waals surface area contributed by atoms with Gasteiger partial charge >= 0.3 is 0 Å². The second-order valence-electron chi connectivity index (χ2n) is 2.67. The summed E-state index contributed by atoms with van der Waals surface area (Å²) >= 11 is 1.49. The Morgan fingerprint density at radius 1 is 1.31 bits per heavy atom. The van der Waals surface area contributed by atoms with Crippen molar-refractivity contribution < 1.29 is 0 Å². The van der Waals surface area contributed by atoms with Crippen molar-refractivity contribution in [2.45, 2.75) is 5.16 Å². The van der Waals surface area contributed by atoms with Gasteiger partial charge in [-0.3, -0.25) is 0 Å². The first-order chi connectivity index (χ1) is 6.31. The van der Waals surface area contributed by atoms with Crippen molar-refractivity contribution in [3.05, 3.63) is 0 Å². The summed E-state index contributed by atoms with van der Waals surface area (Å²) in [7, 11) is 0. The number of nitrogens with two attached hydrogens (primary N) is 1. The van der Waals surface area contributed by atoms with E-state index >= 15 is 0 Å². The maximum atomic E-state index is 5.75. The number of nitrogens with one attached hydrogen (secondary N) is 2. The maximum absolute atomic E-state index is 5.75. The lowest BCUT2D eigenvalue weighted by Gasteiger charge is -2.19. The summed E-state index contributed by atoms with van der Waals surface area (Å²) in [5, 5.41) is 7.03. The van der Waals surface area contributed by atoms with E-state index in [0.717, 1.165) is 24.6 Å². The van der Waals surface area contributed by atoms with Crippen molar-refractivity contribution in [3.63, 3.8) is 0 Å². The smallest absolute Gasteiger partial charge is 0.191 e. The molecular weight excluding hydrogens is 186 g/mol. The fourth-order valence-electron chi connectivity index (χ4n) is 1.22. The van der Waals surface area contributed by atoms with E-state index in [1.807, 2.05) is 6.26 Å². The number of hydrogen-bond acceptors (Lipinski definition) is 6. The van der Waals surface area contributed by atoms with E-state index in [9.17, 15) is 0 Å². The van der Waals surface area contributed by atoms with E-state index in [4.69, 9.17) is 5.73 Å². The minimum atomic E-state index is 0.515. The number of rotatable bonds is 1. The van der Waals surface area contributed by atoms with Crippen LogP contribution in [0.15, 0.2) is 5.16 Å². The lowest BCUT2D eigenvalue weighted by atomic mass is 10.3. The standard InChI is InChI=1S/C7H11N5S/c1-13-7-11-5(8)4-6(12-7)10-3-2-9-4/h9H,2-3H2,1H3,(H3,8,10,11,12). The number of aromatic nitrogens is 2. The molecule has 5 nitrogen and oxygen atoms in total. The summed E-state index contributed by atoms with van der Waals surface area (Å²) in [6.45, 7) is 1.73. The maximum Gasteiger partial charge on any atom is 0.191 e. The highest BCUT2D eigenvalue weighted by molar-refractivity contribution is 7.98. The van der Waals surface area contributed by atoms with Crippen LogP contribution in [0.3, 0.4) is 0 Å². The average molecular weight is 197 g/mol. The van der Waals surface area contributed by atoms with Crippen molar-refractivity contribution >= 4 is 29.1 Å². The molecule has 2 rings (SSSR count). The molecule has 4 N–H and O–H groups in total. The first-order valence-corrected chi connectivity index (χ1v) is 5.23. The van der Waals surface area contributed by atoms with Crippen LogP contribution in [0.4, 0.5) is 17.3 Å². The number of nitrogens with zero attached hydrogens (tertiary/aromatic N) is 2. The van der Waals surface area contributed by atoms with Crippen LogP contribution in [0, 0.1) is 0 Å². The summed E-state index contributed by atoms with van der Waals surface area (Å²) in [5.74, 6) is 1.32. The minimum Gasteiger partial charge on any atom is -0.382 e. The third-order valence-electron chi connectivity index (χ3n) is 1.82. The fraction of sp³-hybridized carbons (Fsp3) is 0.429. The second kappa shape index (κ2) is 3.29. The Bertz CT molecular complexity index is 327. The Balaban J connectivity index is 2.47. The van der Waals surface area contributed by atoms with Gasteiger partial charge in [0.1, 0.15) is 5.69 Å². The molecule has 70 valence electrons. The molecule has 0 atom stereocenters. The normalized spacial score (nSPS) is 14.2. The fourth-order valence-corrected chi connectivity index (χ4v) is 1.59. The molecule has 0 saturated carbocycles. The third kappa shape index (κ3) is 1.49. The first-order valence-electron chi connectivity index (χ1n) is 4.00. The molecule has 1 aliphatic rings. The Labute approximate surface area is 80.5 Å². The molecule has 0 amide bonds.